The number of nitro benzene ring substituents is 1. The third-order valence-electron chi connectivity index (χ3n) is 3.92. The van der Waals surface area contributed by atoms with Crippen LogP contribution in [0, 0.1) is 23.0 Å². The summed E-state index contributed by atoms with van der Waals surface area (Å²) in [4.78, 5) is 21.5. The van der Waals surface area contributed by atoms with Crippen LogP contribution in [0.15, 0.2) is 12.1 Å². The molecule has 0 unspecified atom stereocenters. The lowest BCUT2D eigenvalue weighted by molar-refractivity contribution is -0.385. The Hall–Kier alpha value is -2.11. The van der Waals surface area contributed by atoms with Gasteiger partial charge in [0.1, 0.15) is 0 Å². The van der Waals surface area contributed by atoms with Crippen molar-refractivity contribution in [2.45, 2.75) is 32.6 Å². The van der Waals surface area contributed by atoms with Crippen LogP contribution in [-0.2, 0) is 0 Å². The first-order valence-electron chi connectivity index (χ1n) is 6.75. The molecular weight excluding hydrogens is 260 g/mol. The summed E-state index contributed by atoms with van der Waals surface area (Å²) in [6.45, 7) is 2.35. The van der Waals surface area contributed by atoms with Gasteiger partial charge >= 0.3 is 5.97 Å². The van der Waals surface area contributed by atoms with Crippen molar-refractivity contribution in [3.8, 4) is 0 Å². The predicted molar refractivity (Wildman–Crippen MR) is 75.2 cm³/mol. The van der Waals surface area contributed by atoms with Gasteiger partial charge in [-0.1, -0.05) is 19.3 Å². The van der Waals surface area contributed by atoms with Crippen molar-refractivity contribution in [3.63, 3.8) is 0 Å². The second-order valence-electron chi connectivity index (χ2n) is 5.24. The molecule has 6 nitrogen and oxygen atoms in total. The SMILES string of the molecule is Cc1c(NCCC2CCC2)cc(C(=O)O)cc1[N+](=O)[O-]. The van der Waals surface area contributed by atoms with E-state index in [2.05, 4.69) is 5.32 Å². The number of benzene rings is 1. The van der Waals surface area contributed by atoms with Gasteiger partial charge in [-0.05, 0) is 25.3 Å². The maximum Gasteiger partial charge on any atom is 0.336 e. The largest absolute Gasteiger partial charge is 0.478 e. The smallest absolute Gasteiger partial charge is 0.336 e. The summed E-state index contributed by atoms with van der Waals surface area (Å²) in [7, 11) is 0. The van der Waals surface area contributed by atoms with Crippen molar-refractivity contribution in [1.29, 1.82) is 0 Å². The summed E-state index contributed by atoms with van der Waals surface area (Å²) in [5, 5.41) is 23.1. The maximum absolute atomic E-state index is 11.0. The molecule has 0 bridgehead atoms. The van der Waals surface area contributed by atoms with Gasteiger partial charge in [-0.25, -0.2) is 4.79 Å². The fourth-order valence-electron chi connectivity index (χ4n) is 2.39. The molecule has 1 aromatic carbocycles. The average molecular weight is 278 g/mol. The Balaban J connectivity index is 2.16. The van der Waals surface area contributed by atoms with Crippen molar-refractivity contribution < 1.29 is 14.8 Å². The number of anilines is 1. The molecule has 0 aromatic heterocycles. The fraction of sp³-hybridized carbons (Fsp3) is 0.500. The van der Waals surface area contributed by atoms with Crippen LogP contribution < -0.4 is 5.32 Å². The lowest BCUT2D eigenvalue weighted by Crippen LogP contribution is -2.16. The first-order chi connectivity index (χ1) is 9.49. The average Bonchev–Trinajstić information content (AvgIpc) is 2.33. The number of carbonyl (C=O) groups is 1. The molecule has 0 radical (unpaired) electrons. The highest BCUT2D eigenvalue weighted by atomic mass is 16.6. The second kappa shape index (κ2) is 5.90. The highest BCUT2D eigenvalue weighted by molar-refractivity contribution is 5.90. The van der Waals surface area contributed by atoms with E-state index in [1.807, 2.05) is 0 Å². The molecule has 0 saturated heterocycles. The lowest BCUT2D eigenvalue weighted by Gasteiger charge is -2.25. The Morgan fingerprint density at radius 3 is 2.70 bits per heavy atom. The van der Waals surface area contributed by atoms with Crippen molar-refractivity contribution in [2.24, 2.45) is 5.92 Å². The molecule has 1 aliphatic rings. The van der Waals surface area contributed by atoms with E-state index in [9.17, 15) is 14.9 Å². The monoisotopic (exact) mass is 278 g/mol. The van der Waals surface area contributed by atoms with Crippen LogP contribution >= 0.6 is 0 Å². The fourth-order valence-corrected chi connectivity index (χ4v) is 2.39. The first kappa shape index (κ1) is 14.3. The van der Waals surface area contributed by atoms with E-state index in [-0.39, 0.29) is 11.3 Å². The van der Waals surface area contributed by atoms with Gasteiger partial charge < -0.3 is 10.4 Å². The standard InChI is InChI=1S/C14H18N2O4/c1-9-12(15-6-5-10-3-2-4-10)7-11(14(17)18)8-13(9)16(19)20/h7-8,10,15H,2-6H2,1H3,(H,17,18). The van der Waals surface area contributed by atoms with E-state index in [0.29, 0.717) is 17.8 Å². The number of nitro groups is 1. The number of rotatable bonds is 6. The molecular formula is C14H18N2O4. The molecule has 0 heterocycles. The van der Waals surface area contributed by atoms with Crippen LogP contribution in [0.25, 0.3) is 0 Å². The van der Waals surface area contributed by atoms with Crippen LogP contribution in [0.3, 0.4) is 0 Å². The summed E-state index contributed by atoms with van der Waals surface area (Å²) in [6, 6.07) is 2.57. The van der Waals surface area contributed by atoms with E-state index in [1.54, 1.807) is 6.92 Å². The van der Waals surface area contributed by atoms with Gasteiger partial charge in [0.25, 0.3) is 5.69 Å². The van der Waals surface area contributed by atoms with Crippen LogP contribution in [0.4, 0.5) is 11.4 Å². The summed E-state index contributed by atoms with van der Waals surface area (Å²) < 4.78 is 0. The van der Waals surface area contributed by atoms with Crippen LogP contribution in [0.1, 0.15) is 41.6 Å². The van der Waals surface area contributed by atoms with Crippen LogP contribution in [0.5, 0.6) is 0 Å². The number of carboxylic acids is 1. The van der Waals surface area contributed by atoms with Crippen molar-refractivity contribution >= 4 is 17.3 Å². The number of carboxylic acid groups (broad SMARTS) is 1. The molecule has 108 valence electrons. The van der Waals surface area contributed by atoms with E-state index in [1.165, 1.54) is 25.3 Å². The van der Waals surface area contributed by atoms with Gasteiger partial charge in [0.15, 0.2) is 0 Å². The van der Waals surface area contributed by atoms with Gasteiger partial charge in [-0.2, -0.15) is 0 Å². The molecule has 0 spiro atoms. The van der Waals surface area contributed by atoms with Crippen molar-refractivity contribution in [2.75, 3.05) is 11.9 Å². The molecule has 2 N–H and O–H groups in total. The van der Waals surface area contributed by atoms with Gasteiger partial charge in [0.2, 0.25) is 0 Å². The molecule has 0 amide bonds. The van der Waals surface area contributed by atoms with E-state index >= 15 is 0 Å². The number of nitrogens with one attached hydrogen (secondary N) is 1. The van der Waals surface area contributed by atoms with Crippen molar-refractivity contribution in [1.82, 2.24) is 0 Å². The Morgan fingerprint density at radius 1 is 1.50 bits per heavy atom. The molecule has 1 fully saturated rings. The minimum Gasteiger partial charge on any atom is -0.478 e. The highest BCUT2D eigenvalue weighted by Crippen LogP contribution is 2.31. The van der Waals surface area contributed by atoms with E-state index in [4.69, 9.17) is 5.11 Å². The predicted octanol–water partition coefficient (Wildman–Crippen LogP) is 3.20. The zero-order chi connectivity index (χ0) is 14.7. The third kappa shape index (κ3) is 3.07. The molecule has 1 aliphatic carbocycles. The summed E-state index contributed by atoms with van der Waals surface area (Å²) in [5.41, 5.74) is 0.800. The molecule has 20 heavy (non-hydrogen) atoms. The van der Waals surface area contributed by atoms with Gasteiger partial charge in [0, 0.05) is 23.9 Å². The lowest BCUT2D eigenvalue weighted by atomic mass is 9.83. The number of aromatic carboxylic acids is 1. The summed E-state index contributed by atoms with van der Waals surface area (Å²) in [5.74, 6) is -0.421. The van der Waals surface area contributed by atoms with Gasteiger partial charge in [-0.3, -0.25) is 10.1 Å². The number of nitrogens with zero attached hydrogens (tertiary/aromatic N) is 1. The van der Waals surface area contributed by atoms with Crippen molar-refractivity contribution in [3.05, 3.63) is 33.4 Å². The Bertz CT molecular complexity index is 538. The first-order valence-corrected chi connectivity index (χ1v) is 6.75. The highest BCUT2D eigenvalue weighted by Gasteiger charge is 2.20. The van der Waals surface area contributed by atoms with E-state index < -0.39 is 10.9 Å². The zero-order valence-corrected chi connectivity index (χ0v) is 11.4. The van der Waals surface area contributed by atoms with Gasteiger partial charge in [-0.15, -0.1) is 0 Å². The molecule has 0 atom stereocenters. The van der Waals surface area contributed by atoms with Crippen LogP contribution in [0.2, 0.25) is 0 Å². The molecule has 1 aromatic rings. The Labute approximate surface area is 117 Å². The summed E-state index contributed by atoms with van der Waals surface area (Å²) in [6.07, 6.45) is 4.79. The summed E-state index contributed by atoms with van der Waals surface area (Å²) >= 11 is 0. The molecule has 6 heteroatoms. The molecule has 2 rings (SSSR count). The number of hydrogen-bond acceptors (Lipinski definition) is 4. The molecule has 0 aliphatic heterocycles. The minimum atomic E-state index is -1.16. The topological polar surface area (TPSA) is 92.5 Å². The molecule has 1 saturated carbocycles. The van der Waals surface area contributed by atoms with E-state index in [0.717, 1.165) is 18.4 Å². The zero-order valence-electron chi connectivity index (χ0n) is 11.4. The van der Waals surface area contributed by atoms with Gasteiger partial charge in [0.05, 0.1) is 10.5 Å². The van der Waals surface area contributed by atoms with Crippen LogP contribution in [-0.4, -0.2) is 22.5 Å². The second-order valence-corrected chi connectivity index (χ2v) is 5.24. The minimum absolute atomic E-state index is 0.0616. The quantitative estimate of drug-likeness (QED) is 0.615. The maximum atomic E-state index is 11.0. The third-order valence-corrected chi connectivity index (χ3v) is 3.92. The Morgan fingerprint density at radius 2 is 2.20 bits per heavy atom. The normalized spacial score (nSPS) is 14.7. The Kier molecular flexibility index (Phi) is 4.22. The number of hydrogen-bond donors (Lipinski definition) is 2.